The molecule has 1 atom stereocenters. The maximum Gasteiger partial charge on any atom is 0.316 e. The predicted octanol–water partition coefficient (Wildman–Crippen LogP) is 2.59. The number of aromatic nitrogens is 3. The fourth-order valence-corrected chi connectivity index (χ4v) is 3.52. The second-order valence-electron chi connectivity index (χ2n) is 6.85. The second kappa shape index (κ2) is 9.47. The zero-order chi connectivity index (χ0) is 20.8. The van der Waals surface area contributed by atoms with Crippen LogP contribution in [0.1, 0.15) is 37.1 Å². The van der Waals surface area contributed by atoms with Gasteiger partial charge in [-0.05, 0) is 25.3 Å². The van der Waals surface area contributed by atoms with Crippen molar-refractivity contribution in [1.82, 2.24) is 14.8 Å². The summed E-state index contributed by atoms with van der Waals surface area (Å²) >= 11 is 1.21. The van der Waals surface area contributed by atoms with Crippen LogP contribution in [0.5, 0.6) is 0 Å². The molecular weight excluding hydrogens is 390 g/mol. The fourth-order valence-electron chi connectivity index (χ4n) is 2.78. The zero-order valence-corrected chi connectivity index (χ0v) is 16.8. The van der Waals surface area contributed by atoms with Crippen LogP contribution in [0, 0.1) is 22.7 Å². The number of nitrogens with zero attached hydrogens (tertiary/aromatic N) is 4. The number of ketones is 1. The molecule has 1 aromatic carbocycles. The number of hydrogen-bond donors (Lipinski definition) is 1. The number of esters is 1. The molecule has 0 spiro atoms. The average Bonchev–Trinajstić information content (AvgIpc) is 3.47. The first-order chi connectivity index (χ1) is 14.0. The van der Waals surface area contributed by atoms with E-state index in [4.69, 9.17) is 15.4 Å². The maximum atomic E-state index is 12.0. The molecule has 0 bridgehead atoms. The van der Waals surface area contributed by atoms with E-state index in [0.717, 1.165) is 24.2 Å². The van der Waals surface area contributed by atoms with Crippen LogP contribution in [0.3, 0.4) is 0 Å². The van der Waals surface area contributed by atoms with Crippen molar-refractivity contribution < 1.29 is 14.3 Å². The second-order valence-corrected chi connectivity index (χ2v) is 7.79. The number of carbonyl (C=O) groups excluding carboxylic acids is 2. The molecule has 1 aliphatic rings. The number of benzene rings is 1. The third-order valence-electron chi connectivity index (χ3n) is 4.45. The average molecular weight is 411 g/mol. The van der Waals surface area contributed by atoms with E-state index in [1.165, 1.54) is 18.7 Å². The summed E-state index contributed by atoms with van der Waals surface area (Å²) in [5.41, 5.74) is 1.05. The topological polar surface area (TPSA) is 122 Å². The molecule has 150 valence electrons. The van der Waals surface area contributed by atoms with E-state index in [0.29, 0.717) is 17.6 Å². The van der Waals surface area contributed by atoms with Crippen LogP contribution < -0.4 is 0 Å². The highest BCUT2D eigenvalue weighted by Crippen LogP contribution is 2.40. The van der Waals surface area contributed by atoms with E-state index >= 15 is 0 Å². The number of thioether (sulfide) groups is 1. The SMILES string of the molecule is CC(=N)C(C#N)C(=O)COC(=O)CSc1nnc(C2CC2)n1Cc1ccccc1. The highest BCUT2D eigenvalue weighted by atomic mass is 32.2. The molecule has 0 radical (unpaired) electrons. The fraction of sp³-hybridized carbons (Fsp3) is 0.400. The molecule has 1 N–H and O–H groups in total. The van der Waals surface area contributed by atoms with Gasteiger partial charge in [0.05, 0.1) is 18.4 Å². The molecule has 29 heavy (non-hydrogen) atoms. The molecule has 0 saturated heterocycles. The number of nitriles is 1. The summed E-state index contributed by atoms with van der Waals surface area (Å²) in [5, 5.41) is 25.5. The van der Waals surface area contributed by atoms with Crippen molar-refractivity contribution in [3.63, 3.8) is 0 Å². The van der Waals surface area contributed by atoms with Crippen molar-refractivity contribution in [2.24, 2.45) is 5.92 Å². The summed E-state index contributed by atoms with van der Waals surface area (Å²) in [7, 11) is 0. The van der Waals surface area contributed by atoms with Crippen molar-refractivity contribution >= 4 is 29.2 Å². The van der Waals surface area contributed by atoms with Gasteiger partial charge in [0.2, 0.25) is 0 Å². The minimum atomic E-state index is -1.18. The number of ether oxygens (including phenoxy) is 1. The van der Waals surface area contributed by atoms with Gasteiger partial charge in [0.25, 0.3) is 0 Å². The van der Waals surface area contributed by atoms with E-state index in [9.17, 15) is 9.59 Å². The summed E-state index contributed by atoms with van der Waals surface area (Å²) in [6.07, 6.45) is 2.18. The molecule has 1 fully saturated rings. The summed E-state index contributed by atoms with van der Waals surface area (Å²) in [6, 6.07) is 11.7. The van der Waals surface area contributed by atoms with Crippen molar-refractivity contribution in [3.05, 3.63) is 41.7 Å². The Morgan fingerprint density at radius 1 is 1.34 bits per heavy atom. The molecule has 1 heterocycles. The highest BCUT2D eigenvalue weighted by molar-refractivity contribution is 7.99. The maximum absolute atomic E-state index is 12.0. The molecule has 1 aromatic heterocycles. The van der Waals surface area contributed by atoms with E-state index in [1.54, 1.807) is 6.07 Å². The number of rotatable bonds is 10. The molecule has 0 amide bonds. The number of hydrogen-bond acceptors (Lipinski definition) is 8. The third kappa shape index (κ3) is 5.51. The van der Waals surface area contributed by atoms with Crippen molar-refractivity contribution in [3.8, 4) is 6.07 Å². The van der Waals surface area contributed by atoms with Crippen LogP contribution in [0.2, 0.25) is 0 Å². The van der Waals surface area contributed by atoms with Crippen LogP contribution in [0.4, 0.5) is 0 Å². The third-order valence-corrected chi connectivity index (χ3v) is 5.39. The van der Waals surface area contributed by atoms with Gasteiger partial charge in [-0.1, -0.05) is 42.1 Å². The van der Waals surface area contributed by atoms with Gasteiger partial charge < -0.3 is 14.7 Å². The Balaban J connectivity index is 1.59. The smallest absolute Gasteiger partial charge is 0.316 e. The predicted molar refractivity (Wildman–Crippen MR) is 107 cm³/mol. The number of nitrogens with one attached hydrogen (secondary N) is 1. The Bertz CT molecular complexity index is 947. The van der Waals surface area contributed by atoms with Crippen LogP contribution >= 0.6 is 11.8 Å². The standard InChI is InChI=1S/C20H21N5O3S/c1-13(22)16(9-21)17(26)11-28-18(27)12-29-20-24-23-19(15-7-8-15)25(20)10-14-5-3-2-4-6-14/h2-6,15-16,22H,7-8,10-12H2,1H3. The van der Waals surface area contributed by atoms with Gasteiger partial charge in [0.1, 0.15) is 11.7 Å². The van der Waals surface area contributed by atoms with Gasteiger partial charge >= 0.3 is 5.97 Å². The Morgan fingerprint density at radius 3 is 2.69 bits per heavy atom. The lowest BCUT2D eigenvalue weighted by Crippen LogP contribution is -2.26. The number of Topliss-reactive ketones (excluding diaryl/α,β-unsaturated/α-hetero) is 1. The van der Waals surface area contributed by atoms with Crippen molar-refractivity contribution in [2.75, 3.05) is 12.4 Å². The molecule has 9 heteroatoms. The van der Waals surface area contributed by atoms with E-state index in [-0.39, 0.29) is 11.5 Å². The molecule has 2 aromatic rings. The molecule has 0 aliphatic heterocycles. The summed E-state index contributed by atoms with van der Waals surface area (Å²) in [4.78, 5) is 23.9. The molecule has 8 nitrogen and oxygen atoms in total. The largest absolute Gasteiger partial charge is 0.457 e. The molecule has 1 aliphatic carbocycles. The monoisotopic (exact) mass is 411 g/mol. The first-order valence-electron chi connectivity index (χ1n) is 9.22. The van der Waals surface area contributed by atoms with Crippen LogP contribution in [0.15, 0.2) is 35.5 Å². The zero-order valence-electron chi connectivity index (χ0n) is 16.0. The minimum Gasteiger partial charge on any atom is -0.457 e. The van der Waals surface area contributed by atoms with Gasteiger partial charge in [-0.25, -0.2) is 0 Å². The summed E-state index contributed by atoms with van der Waals surface area (Å²) in [6.45, 7) is 1.48. The van der Waals surface area contributed by atoms with Gasteiger partial charge in [-0.3, -0.25) is 9.59 Å². The van der Waals surface area contributed by atoms with Gasteiger partial charge in [0, 0.05) is 11.6 Å². The normalized spacial score (nSPS) is 14.1. The Kier molecular flexibility index (Phi) is 6.77. The summed E-state index contributed by atoms with van der Waals surface area (Å²) < 4.78 is 7.00. The molecule has 3 rings (SSSR count). The van der Waals surface area contributed by atoms with Crippen LogP contribution in [-0.4, -0.2) is 44.6 Å². The quantitative estimate of drug-likeness (QED) is 0.362. The van der Waals surface area contributed by atoms with Gasteiger partial charge in [0.15, 0.2) is 17.5 Å². The van der Waals surface area contributed by atoms with E-state index in [1.807, 2.05) is 34.9 Å². The number of carbonyl (C=O) groups is 2. The lowest BCUT2D eigenvalue weighted by atomic mass is 10.0. The molecular formula is C20H21N5O3S. The first kappa shape index (κ1) is 20.7. The minimum absolute atomic E-state index is 0.0222. The van der Waals surface area contributed by atoms with Crippen LogP contribution in [0.25, 0.3) is 0 Å². The summed E-state index contributed by atoms with van der Waals surface area (Å²) in [5.74, 6) is -1.03. The van der Waals surface area contributed by atoms with Gasteiger partial charge in [-0.15, -0.1) is 10.2 Å². The van der Waals surface area contributed by atoms with Crippen LogP contribution in [-0.2, 0) is 20.9 Å². The Hall–Kier alpha value is -2.99. The molecule has 1 saturated carbocycles. The lowest BCUT2D eigenvalue weighted by molar-refractivity contribution is -0.145. The van der Waals surface area contributed by atoms with Gasteiger partial charge in [-0.2, -0.15) is 5.26 Å². The Labute approximate surface area is 172 Å². The van der Waals surface area contributed by atoms with Crippen molar-refractivity contribution in [2.45, 2.75) is 37.4 Å². The first-order valence-corrected chi connectivity index (χ1v) is 10.2. The molecule has 1 unspecified atom stereocenters. The van der Waals surface area contributed by atoms with E-state index in [2.05, 4.69) is 10.2 Å². The Morgan fingerprint density at radius 2 is 2.07 bits per heavy atom. The van der Waals surface area contributed by atoms with Crippen molar-refractivity contribution in [1.29, 1.82) is 10.7 Å². The highest BCUT2D eigenvalue weighted by Gasteiger charge is 2.30. The lowest BCUT2D eigenvalue weighted by Gasteiger charge is -2.10. The van der Waals surface area contributed by atoms with E-state index < -0.39 is 24.3 Å².